The number of aromatic amines is 1. The van der Waals surface area contributed by atoms with Crippen molar-refractivity contribution in [2.75, 3.05) is 7.05 Å². The number of hydroxylamine groups is 2. The van der Waals surface area contributed by atoms with Crippen LogP contribution < -0.4 is 4.84 Å². The van der Waals surface area contributed by atoms with Crippen molar-refractivity contribution >= 4 is 17.2 Å². The molecule has 0 bridgehead atoms. The van der Waals surface area contributed by atoms with E-state index in [0.717, 1.165) is 12.1 Å². The highest BCUT2D eigenvalue weighted by molar-refractivity contribution is 6.28. The van der Waals surface area contributed by atoms with Crippen molar-refractivity contribution in [2.24, 2.45) is 0 Å². The van der Waals surface area contributed by atoms with E-state index in [-0.39, 0.29) is 11.0 Å². The second kappa shape index (κ2) is 8.08. The van der Waals surface area contributed by atoms with Gasteiger partial charge in [-0.2, -0.15) is 13.2 Å². The lowest BCUT2D eigenvalue weighted by Gasteiger charge is -2.20. The Morgan fingerprint density at radius 2 is 1.90 bits per heavy atom. The first-order chi connectivity index (χ1) is 13.6. The number of hydrogen-bond acceptors (Lipinski definition) is 6. The van der Waals surface area contributed by atoms with Gasteiger partial charge in [0.15, 0.2) is 11.6 Å². The van der Waals surface area contributed by atoms with Crippen molar-refractivity contribution in [3.8, 4) is 16.9 Å². The molecule has 0 fully saturated rings. The number of H-pyrrole nitrogens is 1. The van der Waals surface area contributed by atoms with Gasteiger partial charge in [0.05, 0.1) is 5.56 Å². The lowest BCUT2D eigenvalue weighted by molar-refractivity contribution is -0.137. The summed E-state index contributed by atoms with van der Waals surface area (Å²) in [7, 11) is 1.54. The van der Waals surface area contributed by atoms with Gasteiger partial charge in [0, 0.05) is 42.3 Å². The molecular weight excluding hydrogens is 409 g/mol. The van der Waals surface area contributed by atoms with E-state index >= 15 is 0 Å². The fraction of sp³-hybridized carbons (Fsp3) is 0.222. The summed E-state index contributed by atoms with van der Waals surface area (Å²) in [5, 5.41) is 8.88. The molecule has 0 aliphatic carbocycles. The Balaban J connectivity index is 1.95. The number of benzene rings is 1. The van der Waals surface area contributed by atoms with Crippen molar-refractivity contribution in [1.82, 2.24) is 30.2 Å². The molecule has 0 aliphatic heterocycles. The highest BCUT2D eigenvalue weighted by atomic mass is 35.5. The minimum Gasteiger partial charge on any atom is -0.380 e. The molecule has 0 saturated heterocycles. The van der Waals surface area contributed by atoms with E-state index in [4.69, 9.17) is 16.4 Å². The summed E-state index contributed by atoms with van der Waals surface area (Å²) in [5.41, 5.74) is 0.716. The number of allylic oxidation sites excluding steroid dienone is 1. The summed E-state index contributed by atoms with van der Waals surface area (Å²) < 4.78 is 39.6. The van der Waals surface area contributed by atoms with Crippen LogP contribution in [0.3, 0.4) is 0 Å². The molecule has 1 aromatic carbocycles. The number of aryl methyl sites for hydroxylation is 1. The van der Waals surface area contributed by atoms with Crippen LogP contribution in [0.1, 0.15) is 24.1 Å². The first-order valence-corrected chi connectivity index (χ1v) is 8.69. The summed E-state index contributed by atoms with van der Waals surface area (Å²) in [5.74, 6) is 0.945. The predicted molar refractivity (Wildman–Crippen MR) is 101 cm³/mol. The normalized spacial score (nSPS) is 12.2. The number of nitrogens with one attached hydrogen (secondary N) is 1. The smallest absolute Gasteiger partial charge is 0.380 e. The average molecular weight is 425 g/mol. The molecule has 7 nitrogen and oxygen atoms in total. The maximum Gasteiger partial charge on any atom is 0.416 e. The zero-order chi connectivity index (χ0) is 21.2. The van der Waals surface area contributed by atoms with Gasteiger partial charge in [-0.1, -0.05) is 0 Å². The molecule has 0 radical (unpaired) electrons. The average Bonchev–Trinajstić information content (AvgIpc) is 3.08. The Hall–Kier alpha value is -3.14. The van der Waals surface area contributed by atoms with Crippen LogP contribution in [0.15, 0.2) is 36.8 Å². The molecule has 0 spiro atoms. The molecule has 152 valence electrons. The molecule has 2 heterocycles. The van der Waals surface area contributed by atoms with Crippen LogP contribution in [-0.2, 0) is 6.18 Å². The molecule has 0 saturated carbocycles. The minimum atomic E-state index is -4.51. The van der Waals surface area contributed by atoms with Gasteiger partial charge in [-0.05, 0) is 43.6 Å². The van der Waals surface area contributed by atoms with Crippen molar-refractivity contribution in [1.29, 1.82) is 0 Å². The number of nitrogens with zero attached hydrogens (tertiary/aromatic N) is 5. The fourth-order valence-corrected chi connectivity index (χ4v) is 2.61. The van der Waals surface area contributed by atoms with Gasteiger partial charge in [-0.15, -0.1) is 10.2 Å². The van der Waals surface area contributed by atoms with Crippen LogP contribution in [-0.4, -0.2) is 37.3 Å². The van der Waals surface area contributed by atoms with Gasteiger partial charge < -0.3 is 9.82 Å². The van der Waals surface area contributed by atoms with Gasteiger partial charge in [0.2, 0.25) is 5.28 Å². The van der Waals surface area contributed by atoms with Crippen molar-refractivity contribution in [2.45, 2.75) is 20.0 Å². The van der Waals surface area contributed by atoms with E-state index in [0.29, 0.717) is 28.3 Å². The molecule has 29 heavy (non-hydrogen) atoms. The van der Waals surface area contributed by atoms with Crippen LogP contribution >= 0.6 is 11.6 Å². The van der Waals surface area contributed by atoms with E-state index < -0.39 is 11.7 Å². The minimum absolute atomic E-state index is 0.00516. The Bertz CT molecular complexity index is 1030. The molecule has 0 aliphatic rings. The molecule has 1 N–H and O–H groups in total. The summed E-state index contributed by atoms with van der Waals surface area (Å²) in [4.78, 5) is 16.6. The second-order valence-electron chi connectivity index (χ2n) is 6.14. The van der Waals surface area contributed by atoms with Crippen LogP contribution in [0.4, 0.5) is 13.2 Å². The summed E-state index contributed by atoms with van der Waals surface area (Å²) in [6, 6.07) is 3.24. The zero-order valence-electron chi connectivity index (χ0n) is 15.6. The maximum absolute atomic E-state index is 13.2. The van der Waals surface area contributed by atoms with E-state index in [1.165, 1.54) is 36.8 Å². The summed E-state index contributed by atoms with van der Waals surface area (Å²) >= 11 is 5.71. The van der Waals surface area contributed by atoms with E-state index in [9.17, 15) is 13.2 Å². The number of aromatic nitrogens is 5. The molecule has 11 heteroatoms. The van der Waals surface area contributed by atoms with Crippen LogP contribution in [0.5, 0.6) is 5.75 Å². The van der Waals surface area contributed by atoms with Gasteiger partial charge in [-0.3, -0.25) is 0 Å². The Morgan fingerprint density at radius 1 is 1.21 bits per heavy atom. The highest BCUT2D eigenvalue weighted by Crippen LogP contribution is 2.37. The molecule has 2 aromatic heterocycles. The van der Waals surface area contributed by atoms with Crippen LogP contribution in [0.25, 0.3) is 16.7 Å². The van der Waals surface area contributed by atoms with E-state index in [2.05, 4.69) is 25.1 Å². The highest BCUT2D eigenvalue weighted by Gasteiger charge is 2.31. The molecule has 3 rings (SSSR count). The monoisotopic (exact) mass is 424 g/mol. The van der Waals surface area contributed by atoms with Gasteiger partial charge in [-0.25, -0.2) is 15.0 Å². The topological polar surface area (TPSA) is 79.8 Å². The molecule has 0 unspecified atom stereocenters. The van der Waals surface area contributed by atoms with Gasteiger partial charge >= 0.3 is 6.18 Å². The Kier molecular flexibility index (Phi) is 5.73. The third-order valence-corrected chi connectivity index (χ3v) is 4.02. The zero-order valence-corrected chi connectivity index (χ0v) is 16.4. The largest absolute Gasteiger partial charge is 0.416 e. The first kappa shape index (κ1) is 20.6. The molecule has 0 amide bonds. The number of rotatable bonds is 5. The van der Waals surface area contributed by atoms with E-state index in [1.807, 2.05) is 0 Å². The Morgan fingerprint density at radius 3 is 2.48 bits per heavy atom. The van der Waals surface area contributed by atoms with Crippen molar-refractivity contribution in [3.63, 3.8) is 0 Å². The lowest BCUT2D eigenvalue weighted by Crippen LogP contribution is -2.17. The number of alkyl halides is 3. The van der Waals surface area contributed by atoms with Gasteiger partial charge in [0.25, 0.3) is 0 Å². The quantitative estimate of drug-likeness (QED) is 0.606. The first-order valence-electron chi connectivity index (χ1n) is 8.31. The molecular formula is C18H16ClF3N6O. The maximum atomic E-state index is 13.2. The number of halogens is 4. The SMILES string of the molecule is C/C(=C/N(C)Oc1cc(C(F)(F)F)ccc1-c1cnc(C)nc1)c1nnc(Cl)[nH]1. The third kappa shape index (κ3) is 5.02. The third-order valence-electron chi connectivity index (χ3n) is 3.85. The lowest BCUT2D eigenvalue weighted by atomic mass is 10.0. The standard InChI is InChI=1S/C18H16ClF3N6O/c1-10(16-25-17(19)27-26-16)9-28(3)29-15-6-13(18(20,21)22)4-5-14(15)12-7-23-11(2)24-8-12/h4-9H,1-3H3,(H,25,26,27)/b10-9-. The predicted octanol–water partition coefficient (Wildman–Crippen LogP) is 4.53. The van der Waals surface area contributed by atoms with Crippen LogP contribution in [0.2, 0.25) is 5.28 Å². The Labute approximate surface area is 169 Å². The number of hydrogen-bond donors (Lipinski definition) is 1. The fourth-order valence-electron chi connectivity index (χ4n) is 2.48. The summed E-state index contributed by atoms with van der Waals surface area (Å²) in [6.45, 7) is 3.43. The molecule has 0 atom stereocenters. The van der Waals surface area contributed by atoms with Gasteiger partial charge in [0.1, 0.15) is 5.82 Å². The molecule has 3 aromatic rings. The van der Waals surface area contributed by atoms with E-state index in [1.54, 1.807) is 13.8 Å². The van der Waals surface area contributed by atoms with Crippen molar-refractivity contribution in [3.05, 3.63) is 59.3 Å². The van der Waals surface area contributed by atoms with Crippen LogP contribution in [0, 0.1) is 6.92 Å². The summed E-state index contributed by atoms with van der Waals surface area (Å²) in [6.07, 6.45) is 0.0681. The van der Waals surface area contributed by atoms with Crippen molar-refractivity contribution < 1.29 is 18.0 Å². The second-order valence-corrected chi connectivity index (χ2v) is 6.50.